The van der Waals surface area contributed by atoms with E-state index in [2.05, 4.69) is 46.3 Å². The first-order valence-corrected chi connectivity index (χ1v) is 6.93. The van der Waals surface area contributed by atoms with Crippen molar-refractivity contribution in [3.05, 3.63) is 35.5 Å². The number of hydrogen-bond donors (Lipinski definition) is 0. The standard InChI is InChI=1S/C16H24NO2/c1-12-5-7-14-13(11-12)6-8-15(14)16(18)19-10-9-17(2,3)4/h5-8,12,15H,9-11H2,1-4H3/q+1. The number of carbonyl (C=O) groups excluding carboxylic acids is 1. The molecule has 0 aromatic heterocycles. The van der Waals surface area contributed by atoms with Gasteiger partial charge in [-0.25, -0.2) is 0 Å². The van der Waals surface area contributed by atoms with Crippen molar-refractivity contribution in [2.75, 3.05) is 34.3 Å². The first kappa shape index (κ1) is 14.1. The summed E-state index contributed by atoms with van der Waals surface area (Å²) in [6, 6.07) is 0. The maximum Gasteiger partial charge on any atom is 0.317 e. The minimum Gasteiger partial charge on any atom is -0.459 e. The highest BCUT2D eigenvalue weighted by Crippen LogP contribution is 2.35. The summed E-state index contributed by atoms with van der Waals surface area (Å²) in [5.74, 6) is 0.261. The average Bonchev–Trinajstić information content (AvgIpc) is 2.69. The van der Waals surface area contributed by atoms with Gasteiger partial charge in [0, 0.05) is 0 Å². The van der Waals surface area contributed by atoms with E-state index in [0.717, 1.165) is 23.0 Å². The fraction of sp³-hybridized carbons (Fsp3) is 0.562. The summed E-state index contributed by atoms with van der Waals surface area (Å²) < 4.78 is 6.21. The second kappa shape index (κ2) is 5.33. The maximum absolute atomic E-state index is 12.1. The Balaban J connectivity index is 1.91. The summed E-state index contributed by atoms with van der Waals surface area (Å²) in [5, 5.41) is 0. The van der Waals surface area contributed by atoms with Crippen molar-refractivity contribution in [2.24, 2.45) is 11.8 Å². The molecule has 2 aliphatic carbocycles. The largest absolute Gasteiger partial charge is 0.459 e. The first-order chi connectivity index (χ1) is 8.87. The first-order valence-electron chi connectivity index (χ1n) is 6.93. The van der Waals surface area contributed by atoms with Gasteiger partial charge >= 0.3 is 5.97 Å². The molecule has 3 nitrogen and oxygen atoms in total. The summed E-state index contributed by atoms with van der Waals surface area (Å²) in [5.41, 5.74) is 2.43. The van der Waals surface area contributed by atoms with Crippen molar-refractivity contribution >= 4 is 5.97 Å². The SMILES string of the molecule is CC1C=CC2=C(C=CC2C(=O)OCC[N+](C)(C)C)C1. The van der Waals surface area contributed by atoms with Crippen LogP contribution in [0.1, 0.15) is 13.3 Å². The number of quaternary nitrogens is 1. The number of hydrogen-bond acceptors (Lipinski definition) is 2. The zero-order valence-electron chi connectivity index (χ0n) is 12.3. The third kappa shape index (κ3) is 3.57. The van der Waals surface area contributed by atoms with Crippen LogP contribution in [-0.4, -0.2) is 44.7 Å². The molecule has 0 saturated heterocycles. The van der Waals surface area contributed by atoms with Gasteiger partial charge in [0.05, 0.1) is 21.1 Å². The molecule has 0 aromatic rings. The molecule has 0 fully saturated rings. The number of likely N-dealkylation sites (N-methyl/N-ethyl adjacent to an activating group) is 1. The molecule has 0 radical (unpaired) electrons. The van der Waals surface area contributed by atoms with Crippen molar-refractivity contribution in [1.29, 1.82) is 0 Å². The molecule has 19 heavy (non-hydrogen) atoms. The topological polar surface area (TPSA) is 26.3 Å². The van der Waals surface area contributed by atoms with Crippen LogP contribution in [0, 0.1) is 11.8 Å². The summed E-state index contributed by atoms with van der Waals surface area (Å²) in [7, 11) is 6.28. The molecule has 0 spiro atoms. The number of rotatable bonds is 4. The van der Waals surface area contributed by atoms with Crippen molar-refractivity contribution < 1.29 is 14.0 Å². The van der Waals surface area contributed by atoms with Crippen LogP contribution in [0.5, 0.6) is 0 Å². The molecule has 0 heterocycles. The highest BCUT2D eigenvalue weighted by molar-refractivity contribution is 5.81. The zero-order chi connectivity index (χ0) is 14.0. The lowest BCUT2D eigenvalue weighted by atomic mass is 9.89. The highest BCUT2D eigenvalue weighted by atomic mass is 16.5. The summed E-state index contributed by atoms with van der Waals surface area (Å²) in [4.78, 5) is 12.1. The maximum atomic E-state index is 12.1. The Bertz CT molecular complexity index is 452. The number of ether oxygens (including phenoxy) is 1. The van der Waals surface area contributed by atoms with Crippen LogP contribution in [0.2, 0.25) is 0 Å². The zero-order valence-corrected chi connectivity index (χ0v) is 12.3. The lowest BCUT2D eigenvalue weighted by molar-refractivity contribution is -0.870. The highest BCUT2D eigenvalue weighted by Gasteiger charge is 2.29. The van der Waals surface area contributed by atoms with E-state index in [1.54, 1.807) is 0 Å². The lowest BCUT2D eigenvalue weighted by Gasteiger charge is -2.24. The molecule has 0 N–H and O–H groups in total. The van der Waals surface area contributed by atoms with Crippen LogP contribution in [0.25, 0.3) is 0 Å². The van der Waals surface area contributed by atoms with E-state index in [-0.39, 0.29) is 11.9 Å². The quantitative estimate of drug-likeness (QED) is 0.574. The Kier molecular flexibility index (Phi) is 3.95. The molecule has 3 heteroatoms. The van der Waals surface area contributed by atoms with Crippen LogP contribution < -0.4 is 0 Å². The van der Waals surface area contributed by atoms with Crippen LogP contribution in [0.3, 0.4) is 0 Å². The Hall–Kier alpha value is -1.35. The lowest BCUT2D eigenvalue weighted by Crippen LogP contribution is -2.38. The molecule has 2 atom stereocenters. The van der Waals surface area contributed by atoms with E-state index in [9.17, 15) is 4.79 Å². The summed E-state index contributed by atoms with van der Waals surface area (Å²) in [6.45, 7) is 3.51. The summed E-state index contributed by atoms with van der Waals surface area (Å²) in [6.07, 6.45) is 9.36. The van der Waals surface area contributed by atoms with Gasteiger partial charge in [-0.1, -0.05) is 31.2 Å². The molecule has 2 aliphatic rings. The average molecular weight is 262 g/mol. The number of esters is 1. The molecule has 0 bridgehead atoms. The van der Waals surface area contributed by atoms with Crippen molar-refractivity contribution in [3.8, 4) is 0 Å². The molecule has 104 valence electrons. The fourth-order valence-electron chi connectivity index (χ4n) is 2.41. The number of nitrogens with zero attached hydrogens (tertiary/aromatic N) is 1. The molecule has 0 aliphatic heterocycles. The second-order valence-corrected chi connectivity index (χ2v) is 6.54. The van der Waals surface area contributed by atoms with E-state index in [4.69, 9.17) is 4.74 Å². The van der Waals surface area contributed by atoms with E-state index in [0.29, 0.717) is 12.5 Å². The van der Waals surface area contributed by atoms with Gasteiger partial charge in [-0.2, -0.15) is 0 Å². The Labute approximate surface area is 115 Å². The van der Waals surface area contributed by atoms with Crippen LogP contribution in [0.15, 0.2) is 35.5 Å². The fourth-order valence-corrected chi connectivity index (χ4v) is 2.41. The predicted molar refractivity (Wildman–Crippen MR) is 76.4 cm³/mol. The van der Waals surface area contributed by atoms with Gasteiger partial charge in [0.2, 0.25) is 0 Å². The normalized spacial score (nSPS) is 25.7. The van der Waals surface area contributed by atoms with Gasteiger partial charge in [0.1, 0.15) is 19.1 Å². The monoisotopic (exact) mass is 262 g/mol. The third-order valence-corrected chi connectivity index (χ3v) is 3.60. The van der Waals surface area contributed by atoms with Gasteiger partial charge in [-0.15, -0.1) is 0 Å². The Morgan fingerprint density at radius 1 is 1.32 bits per heavy atom. The minimum atomic E-state index is -0.189. The molecular weight excluding hydrogens is 238 g/mol. The van der Waals surface area contributed by atoms with E-state index >= 15 is 0 Å². The van der Waals surface area contributed by atoms with E-state index in [1.807, 2.05) is 6.08 Å². The molecule has 0 aromatic carbocycles. The van der Waals surface area contributed by atoms with E-state index in [1.165, 1.54) is 5.57 Å². The van der Waals surface area contributed by atoms with Crippen LogP contribution >= 0.6 is 0 Å². The van der Waals surface area contributed by atoms with Gasteiger partial charge in [0.15, 0.2) is 0 Å². The molecule has 0 amide bonds. The van der Waals surface area contributed by atoms with Crippen molar-refractivity contribution in [3.63, 3.8) is 0 Å². The van der Waals surface area contributed by atoms with Crippen LogP contribution in [0.4, 0.5) is 0 Å². The number of allylic oxidation sites excluding steroid dienone is 4. The van der Waals surface area contributed by atoms with Gasteiger partial charge in [0.25, 0.3) is 0 Å². The smallest absolute Gasteiger partial charge is 0.317 e. The number of carbonyl (C=O) groups is 1. The van der Waals surface area contributed by atoms with Gasteiger partial charge in [-0.3, -0.25) is 4.79 Å². The molecular formula is C16H24NO2+. The molecule has 0 saturated carbocycles. The van der Waals surface area contributed by atoms with Crippen molar-refractivity contribution in [1.82, 2.24) is 0 Å². The molecule has 2 unspecified atom stereocenters. The van der Waals surface area contributed by atoms with Gasteiger partial charge < -0.3 is 9.22 Å². The van der Waals surface area contributed by atoms with E-state index < -0.39 is 0 Å². The minimum absolute atomic E-state index is 0.117. The second-order valence-electron chi connectivity index (χ2n) is 6.54. The predicted octanol–water partition coefficient (Wildman–Crippen LogP) is 2.31. The van der Waals surface area contributed by atoms with Gasteiger partial charge in [-0.05, 0) is 23.5 Å². The van der Waals surface area contributed by atoms with Crippen molar-refractivity contribution in [2.45, 2.75) is 13.3 Å². The Morgan fingerprint density at radius 3 is 2.74 bits per heavy atom. The summed E-state index contributed by atoms with van der Waals surface area (Å²) >= 11 is 0. The molecule has 2 rings (SSSR count). The van der Waals surface area contributed by atoms with Crippen LogP contribution in [-0.2, 0) is 9.53 Å². The Morgan fingerprint density at radius 2 is 2.05 bits per heavy atom. The third-order valence-electron chi connectivity index (χ3n) is 3.60.